The van der Waals surface area contributed by atoms with E-state index in [2.05, 4.69) is 17.6 Å². The number of amides is 1. The molecule has 0 saturated heterocycles. The topological polar surface area (TPSA) is 67.4 Å². The van der Waals surface area contributed by atoms with Gasteiger partial charge in [0.05, 0.1) is 13.7 Å². The lowest BCUT2D eigenvalue weighted by molar-refractivity contribution is -0.153. The second kappa shape index (κ2) is 7.59. The Morgan fingerprint density at radius 1 is 1.33 bits per heavy atom. The maximum Gasteiger partial charge on any atom is 0.331 e. The molecule has 0 radical (unpaired) electrons. The molecule has 0 aromatic carbocycles. The number of nitrogens with one attached hydrogen (secondary N) is 2. The van der Waals surface area contributed by atoms with Gasteiger partial charge in [-0.1, -0.05) is 6.92 Å². The molecule has 0 heterocycles. The molecule has 0 atom stereocenters. The smallest absolute Gasteiger partial charge is 0.331 e. The molecule has 1 aliphatic carbocycles. The van der Waals surface area contributed by atoms with E-state index in [4.69, 9.17) is 4.74 Å². The van der Waals surface area contributed by atoms with Gasteiger partial charge in [-0.25, -0.2) is 4.79 Å². The van der Waals surface area contributed by atoms with Crippen molar-refractivity contribution in [3.8, 4) is 0 Å². The molecular weight excluding hydrogens is 256 g/mol. The number of rotatable bonds is 4. The van der Waals surface area contributed by atoms with E-state index in [9.17, 15) is 9.59 Å². The van der Waals surface area contributed by atoms with Crippen LogP contribution in [-0.4, -0.2) is 38.1 Å². The number of likely N-dealkylation sites (N-methyl/N-ethyl adjacent to an activating group) is 1. The van der Waals surface area contributed by atoms with Crippen LogP contribution in [0, 0.1) is 5.92 Å². The van der Waals surface area contributed by atoms with E-state index < -0.39 is 5.54 Å². The van der Waals surface area contributed by atoms with Gasteiger partial charge >= 0.3 is 5.97 Å². The van der Waals surface area contributed by atoms with Gasteiger partial charge in [-0.05, 0) is 38.6 Å². The molecule has 0 bridgehead atoms. The van der Waals surface area contributed by atoms with Crippen LogP contribution in [0.1, 0.15) is 32.6 Å². The zero-order valence-corrected chi connectivity index (χ0v) is 12.1. The van der Waals surface area contributed by atoms with E-state index in [0.29, 0.717) is 18.8 Å². The molecule has 0 aromatic rings. The first-order valence-corrected chi connectivity index (χ1v) is 6.08. The van der Waals surface area contributed by atoms with Gasteiger partial charge in [0.1, 0.15) is 5.54 Å². The zero-order valence-electron chi connectivity index (χ0n) is 11.2. The zero-order chi connectivity index (χ0) is 12.9. The third-order valence-corrected chi connectivity index (χ3v) is 3.42. The molecular formula is C12H23ClN2O3. The van der Waals surface area contributed by atoms with Crippen molar-refractivity contribution >= 4 is 24.3 Å². The molecule has 5 nitrogen and oxygen atoms in total. The summed E-state index contributed by atoms with van der Waals surface area (Å²) in [6.45, 7) is 2.38. The Bertz CT molecular complexity index is 289. The van der Waals surface area contributed by atoms with Gasteiger partial charge in [0.15, 0.2) is 0 Å². The summed E-state index contributed by atoms with van der Waals surface area (Å²) in [5.74, 6) is 0.121. The summed E-state index contributed by atoms with van der Waals surface area (Å²) in [4.78, 5) is 23.5. The van der Waals surface area contributed by atoms with Crippen LogP contribution < -0.4 is 10.6 Å². The highest BCUT2D eigenvalue weighted by Crippen LogP contribution is 2.32. The molecule has 1 rings (SSSR count). The average molecular weight is 279 g/mol. The standard InChI is InChI=1S/C12H22N2O3.ClH/c1-9-4-6-12(7-5-9,11(16)17-3)14-10(15)8-13-2;/h9,13H,4-8H2,1-3H3,(H,14,15);1H. The van der Waals surface area contributed by atoms with E-state index in [1.54, 1.807) is 7.05 Å². The Morgan fingerprint density at radius 3 is 2.33 bits per heavy atom. The Balaban J connectivity index is 0.00000289. The lowest BCUT2D eigenvalue weighted by atomic mass is 9.77. The average Bonchev–Trinajstić information content (AvgIpc) is 2.31. The number of methoxy groups -OCH3 is 1. The van der Waals surface area contributed by atoms with Crippen LogP contribution in [0.5, 0.6) is 0 Å². The predicted molar refractivity (Wildman–Crippen MR) is 71.7 cm³/mol. The van der Waals surface area contributed by atoms with Crippen molar-refractivity contribution in [2.45, 2.75) is 38.1 Å². The van der Waals surface area contributed by atoms with Crippen LogP contribution in [0.15, 0.2) is 0 Å². The molecule has 0 aromatic heterocycles. The molecule has 1 amide bonds. The Morgan fingerprint density at radius 2 is 1.89 bits per heavy atom. The number of esters is 1. The number of hydrogen-bond acceptors (Lipinski definition) is 4. The molecule has 1 fully saturated rings. The first kappa shape index (κ1) is 17.2. The van der Waals surface area contributed by atoms with E-state index in [0.717, 1.165) is 12.8 Å². The fourth-order valence-electron chi connectivity index (χ4n) is 2.30. The van der Waals surface area contributed by atoms with Crippen molar-refractivity contribution in [1.82, 2.24) is 10.6 Å². The SMILES string of the molecule is CNCC(=O)NC1(C(=O)OC)CCC(C)CC1.Cl. The van der Waals surface area contributed by atoms with Crippen LogP contribution in [-0.2, 0) is 14.3 Å². The van der Waals surface area contributed by atoms with E-state index in [1.165, 1.54) is 7.11 Å². The highest BCUT2D eigenvalue weighted by atomic mass is 35.5. The van der Waals surface area contributed by atoms with Crippen LogP contribution in [0.3, 0.4) is 0 Å². The molecule has 0 unspecified atom stereocenters. The summed E-state index contributed by atoms with van der Waals surface area (Å²) in [6.07, 6.45) is 3.20. The lowest BCUT2D eigenvalue weighted by Crippen LogP contribution is -2.58. The maximum atomic E-state index is 11.9. The van der Waals surface area contributed by atoms with Crippen molar-refractivity contribution in [3.63, 3.8) is 0 Å². The van der Waals surface area contributed by atoms with Gasteiger partial charge in [0.2, 0.25) is 5.91 Å². The molecule has 0 spiro atoms. The molecule has 18 heavy (non-hydrogen) atoms. The van der Waals surface area contributed by atoms with Crippen LogP contribution in [0.4, 0.5) is 0 Å². The fourth-order valence-corrected chi connectivity index (χ4v) is 2.30. The fraction of sp³-hybridized carbons (Fsp3) is 0.833. The quantitative estimate of drug-likeness (QED) is 0.749. The number of hydrogen-bond donors (Lipinski definition) is 2. The number of carbonyl (C=O) groups excluding carboxylic acids is 2. The van der Waals surface area contributed by atoms with Crippen molar-refractivity contribution in [1.29, 1.82) is 0 Å². The third kappa shape index (κ3) is 4.14. The molecule has 106 valence electrons. The highest BCUT2D eigenvalue weighted by Gasteiger charge is 2.43. The Kier molecular flexibility index (Phi) is 7.25. The monoisotopic (exact) mass is 278 g/mol. The molecule has 2 N–H and O–H groups in total. The highest BCUT2D eigenvalue weighted by molar-refractivity contribution is 5.88. The molecule has 6 heteroatoms. The molecule has 1 saturated carbocycles. The second-order valence-corrected chi connectivity index (χ2v) is 4.83. The summed E-state index contributed by atoms with van der Waals surface area (Å²) in [6, 6.07) is 0. The van der Waals surface area contributed by atoms with Crippen molar-refractivity contribution in [2.75, 3.05) is 20.7 Å². The van der Waals surface area contributed by atoms with Gasteiger partial charge in [0.25, 0.3) is 0 Å². The third-order valence-electron chi connectivity index (χ3n) is 3.42. The number of carbonyl (C=O) groups is 2. The number of halogens is 1. The summed E-state index contributed by atoms with van der Waals surface area (Å²) in [7, 11) is 3.07. The van der Waals surface area contributed by atoms with Gasteiger partial charge in [-0.15, -0.1) is 12.4 Å². The minimum absolute atomic E-state index is 0. The van der Waals surface area contributed by atoms with Crippen molar-refractivity contribution in [2.24, 2.45) is 5.92 Å². The van der Waals surface area contributed by atoms with Gasteiger partial charge < -0.3 is 15.4 Å². The summed E-state index contributed by atoms with van der Waals surface area (Å²) < 4.78 is 4.83. The van der Waals surface area contributed by atoms with E-state index in [-0.39, 0.29) is 30.8 Å². The molecule has 1 aliphatic rings. The van der Waals surface area contributed by atoms with E-state index in [1.807, 2.05) is 0 Å². The maximum absolute atomic E-state index is 11.9. The first-order valence-electron chi connectivity index (χ1n) is 6.08. The van der Waals surface area contributed by atoms with Crippen molar-refractivity contribution in [3.05, 3.63) is 0 Å². The van der Waals surface area contributed by atoms with Gasteiger partial charge in [-0.2, -0.15) is 0 Å². The summed E-state index contributed by atoms with van der Waals surface area (Å²) in [5.41, 5.74) is -0.810. The number of ether oxygens (including phenoxy) is 1. The molecule has 0 aliphatic heterocycles. The van der Waals surface area contributed by atoms with Crippen LogP contribution >= 0.6 is 12.4 Å². The Hall–Kier alpha value is -0.810. The van der Waals surface area contributed by atoms with Crippen LogP contribution in [0.2, 0.25) is 0 Å². The largest absolute Gasteiger partial charge is 0.467 e. The van der Waals surface area contributed by atoms with Crippen molar-refractivity contribution < 1.29 is 14.3 Å². The van der Waals surface area contributed by atoms with Gasteiger partial charge in [0, 0.05) is 0 Å². The summed E-state index contributed by atoms with van der Waals surface area (Å²) >= 11 is 0. The minimum Gasteiger partial charge on any atom is -0.467 e. The summed E-state index contributed by atoms with van der Waals surface area (Å²) in [5, 5.41) is 5.60. The minimum atomic E-state index is -0.810. The second-order valence-electron chi connectivity index (χ2n) is 4.83. The normalized spacial score (nSPS) is 26.9. The first-order chi connectivity index (χ1) is 8.04. The van der Waals surface area contributed by atoms with E-state index >= 15 is 0 Å². The van der Waals surface area contributed by atoms with Crippen LogP contribution in [0.25, 0.3) is 0 Å². The van der Waals surface area contributed by atoms with Gasteiger partial charge in [-0.3, -0.25) is 4.79 Å². The Labute approximate surface area is 114 Å². The predicted octanol–water partition coefficient (Wildman–Crippen LogP) is 0.866. The lowest BCUT2D eigenvalue weighted by Gasteiger charge is -2.37.